The fraction of sp³-hybridized carbons (Fsp3) is 0.500. The molecule has 0 saturated heterocycles. The number of aromatic nitrogens is 2. The summed E-state index contributed by atoms with van der Waals surface area (Å²) in [7, 11) is 0. The maximum atomic E-state index is 11.5. The summed E-state index contributed by atoms with van der Waals surface area (Å²) in [5.74, 6) is -0.384. The minimum absolute atomic E-state index is 0.334. The minimum atomic E-state index is -0.384. The van der Waals surface area contributed by atoms with E-state index in [9.17, 15) is 4.79 Å². The van der Waals surface area contributed by atoms with Crippen LogP contribution in [0.3, 0.4) is 0 Å². The lowest BCUT2D eigenvalue weighted by Crippen LogP contribution is -2.11. The Labute approximate surface area is 93.5 Å². The van der Waals surface area contributed by atoms with Crippen molar-refractivity contribution in [2.45, 2.75) is 27.3 Å². The van der Waals surface area contributed by atoms with Gasteiger partial charge in [0.2, 0.25) is 0 Å². The van der Waals surface area contributed by atoms with Gasteiger partial charge >= 0.3 is 5.97 Å². The fourth-order valence-corrected chi connectivity index (χ4v) is 1.26. The lowest BCUT2D eigenvalue weighted by molar-refractivity contribution is 0.0525. The Morgan fingerprint density at radius 1 is 1.69 bits per heavy atom. The molecule has 6 nitrogen and oxygen atoms in total. The molecule has 1 N–H and O–H groups in total. The van der Waals surface area contributed by atoms with Gasteiger partial charge in [0, 0.05) is 0 Å². The molecule has 1 heterocycles. The normalized spacial score (nSPS) is 11.6. The summed E-state index contributed by atoms with van der Waals surface area (Å²) in [6.07, 6.45) is 1.46. The van der Waals surface area contributed by atoms with Crippen LogP contribution in [0, 0.1) is 6.92 Å². The molecule has 0 unspecified atom stereocenters. The SMILES string of the molecule is CCOC(=O)c1cnn(C/C(C)=N/O)c1C. The van der Waals surface area contributed by atoms with E-state index < -0.39 is 0 Å². The number of nitrogens with zero attached hydrogens (tertiary/aromatic N) is 3. The molecule has 0 aliphatic heterocycles. The highest BCUT2D eigenvalue weighted by molar-refractivity contribution is 5.90. The van der Waals surface area contributed by atoms with Crippen molar-refractivity contribution < 1.29 is 14.7 Å². The van der Waals surface area contributed by atoms with Gasteiger partial charge in [0.15, 0.2) is 0 Å². The molecule has 0 fully saturated rings. The van der Waals surface area contributed by atoms with Crippen molar-refractivity contribution in [3.05, 3.63) is 17.5 Å². The molecule has 0 aliphatic carbocycles. The monoisotopic (exact) mass is 225 g/mol. The molecule has 0 bridgehead atoms. The molecule has 0 amide bonds. The zero-order valence-corrected chi connectivity index (χ0v) is 9.60. The van der Waals surface area contributed by atoms with Gasteiger partial charge in [-0.3, -0.25) is 4.68 Å². The molecule has 88 valence electrons. The third-order valence-corrected chi connectivity index (χ3v) is 2.15. The number of ether oxygens (including phenoxy) is 1. The molecule has 0 spiro atoms. The summed E-state index contributed by atoms with van der Waals surface area (Å²) in [5, 5.41) is 15.6. The highest BCUT2D eigenvalue weighted by atomic mass is 16.5. The molecular weight excluding hydrogens is 210 g/mol. The van der Waals surface area contributed by atoms with Crippen LogP contribution in [0.15, 0.2) is 11.4 Å². The van der Waals surface area contributed by atoms with Crippen LogP contribution >= 0.6 is 0 Å². The minimum Gasteiger partial charge on any atom is -0.462 e. The number of hydrogen-bond donors (Lipinski definition) is 1. The van der Waals surface area contributed by atoms with Gasteiger partial charge < -0.3 is 9.94 Å². The standard InChI is InChI=1S/C10H15N3O3/c1-4-16-10(14)9-5-11-13(8(9)3)6-7(2)12-15/h5,15H,4,6H2,1-3H3/b12-7+. The molecule has 1 aromatic heterocycles. The van der Waals surface area contributed by atoms with E-state index >= 15 is 0 Å². The zero-order chi connectivity index (χ0) is 12.1. The van der Waals surface area contributed by atoms with Gasteiger partial charge in [-0.05, 0) is 20.8 Å². The third-order valence-electron chi connectivity index (χ3n) is 2.15. The second kappa shape index (κ2) is 5.29. The predicted molar refractivity (Wildman–Crippen MR) is 57.8 cm³/mol. The van der Waals surface area contributed by atoms with Crippen molar-refractivity contribution in [3.63, 3.8) is 0 Å². The first-order valence-corrected chi connectivity index (χ1v) is 4.97. The van der Waals surface area contributed by atoms with Crippen LogP contribution in [-0.4, -0.2) is 33.3 Å². The van der Waals surface area contributed by atoms with Gasteiger partial charge in [0.1, 0.15) is 5.56 Å². The van der Waals surface area contributed by atoms with Gasteiger partial charge in [-0.15, -0.1) is 0 Å². The Bertz CT molecular complexity index is 409. The zero-order valence-electron chi connectivity index (χ0n) is 9.60. The largest absolute Gasteiger partial charge is 0.462 e. The lowest BCUT2D eigenvalue weighted by atomic mass is 10.2. The van der Waals surface area contributed by atoms with Crippen molar-refractivity contribution in [1.82, 2.24) is 9.78 Å². The fourth-order valence-electron chi connectivity index (χ4n) is 1.26. The van der Waals surface area contributed by atoms with Crippen LogP contribution in [-0.2, 0) is 11.3 Å². The van der Waals surface area contributed by atoms with Crippen molar-refractivity contribution in [2.75, 3.05) is 6.61 Å². The highest BCUT2D eigenvalue weighted by Crippen LogP contribution is 2.09. The van der Waals surface area contributed by atoms with Gasteiger partial charge in [-0.2, -0.15) is 5.10 Å². The van der Waals surface area contributed by atoms with Crippen LogP contribution < -0.4 is 0 Å². The lowest BCUT2D eigenvalue weighted by Gasteiger charge is -2.04. The van der Waals surface area contributed by atoms with E-state index in [-0.39, 0.29) is 5.97 Å². The molecule has 6 heteroatoms. The van der Waals surface area contributed by atoms with Crippen molar-refractivity contribution >= 4 is 11.7 Å². The van der Waals surface area contributed by atoms with E-state index in [2.05, 4.69) is 10.3 Å². The number of oxime groups is 1. The summed E-state index contributed by atoms with van der Waals surface area (Å²) < 4.78 is 6.47. The maximum Gasteiger partial charge on any atom is 0.341 e. The molecule has 1 aromatic rings. The number of carbonyl (C=O) groups excluding carboxylic acids is 1. The number of carbonyl (C=O) groups is 1. The number of esters is 1. The number of rotatable bonds is 4. The maximum absolute atomic E-state index is 11.5. The Hall–Kier alpha value is -1.85. The van der Waals surface area contributed by atoms with E-state index in [4.69, 9.17) is 9.94 Å². The average molecular weight is 225 g/mol. The van der Waals surface area contributed by atoms with Gasteiger partial charge in [-0.25, -0.2) is 4.79 Å². The van der Waals surface area contributed by atoms with E-state index in [1.165, 1.54) is 6.20 Å². The Balaban J connectivity index is 2.88. The Kier molecular flexibility index (Phi) is 4.04. The van der Waals surface area contributed by atoms with Crippen molar-refractivity contribution in [3.8, 4) is 0 Å². The molecular formula is C10H15N3O3. The third kappa shape index (κ3) is 2.59. The topological polar surface area (TPSA) is 76.7 Å². The molecule has 16 heavy (non-hydrogen) atoms. The molecule has 1 rings (SSSR count). The molecule has 0 aromatic carbocycles. The van der Waals surface area contributed by atoms with Gasteiger partial charge in [0.25, 0.3) is 0 Å². The summed E-state index contributed by atoms with van der Waals surface area (Å²) >= 11 is 0. The second-order valence-corrected chi connectivity index (χ2v) is 3.36. The van der Waals surface area contributed by atoms with Crippen molar-refractivity contribution in [1.29, 1.82) is 0 Å². The molecule has 0 atom stereocenters. The summed E-state index contributed by atoms with van der Waals surface area (Å²) in [6.45, 7) is 5.87. The van der Waals surface area contributed by atoms with Gasteiger partial charge in [-0.1, -0.05) is 5.16 Å². The first-order valence-electron chi connectivity index (χ1n) is 4.97. The van der Waals surface area contributed by atoms with Crippen molar-refractivity contribution in [2.24, 2.45) is 5.16 Å². The molecule has 0 aliphatic rings. The van der Waals surface area contributed by atoms with Crippen LogP contribution in [0.1, 0.15) is 29.9 Å². The van der Waals surface area contributed by atoms with Gasteiger partial charge in [0.05, 0.1) is 30.8 Å². The quantitative estimate of drug-likeness (QED) is 0.362. The Morgan fingerprint density at radius 3 is 2.94 bits per heavy atom. The van der Waals surface area contributed by atoms with Crippen LogP contribution in [0.2, 0.25) is 0 Å². The average Bonchev–Trinajstić information content (AvgIpc) is 2.61. The predicted octanol–water partition coefficient (Wildman–Crippen LogP) is 1.22. The van der Waals surface area contributed by atoms with E-state index in [1.54, 1.807) is 25.5 Å². The van der Waals surface area contributed by atoms with E-state index in [0.717, 1.165) is 0 Å². The van der Waals surface area contributed by atoms with E-state index in [0.29, 0.717) is 30.1 Å². The highest BCUT2D eigenvalue weighted by Gasteiger charge is 2.15. The van der Waals surface area contributed by atoms with Crippen LogP contribution in [0.5, 0.6) is 0 Å². The van der Waals surface area contributed by atoms with E-state index in [1.807, 2.05) is 0 Å². The summed E-state index contributed by atoms with van der Waals surface area (Å²) in [4.78, 5) is 11.5. The first kappa shape index (κ1) is 12.2. The smallest absolute Gasteiger partial charge is 0.341 e. The van der Waals surface area contributed by atoms with Crippen LogP contribution in [0.4, 0.5) is 0 Å². The molecule has 0 saturated carbocycles. The molecule has 0 radical (unpaired) electrons. The number of hydrogen-bond acceptors (Lipinski definition) is 5. The van der Waals surface area contributed by atoms with Crippen LogP contribution in [0.25, 0.3) is 0 Å². The Morgan fingerprint density at radius 2 is 2.38 bits per heavy atom. The summed E-state index contributed by atoms with van der Waals surface area (Å²) in [6, 6.07) is 0. The summed E-state index contributed by atoms with van der Waals surface area (Å²) in [5.41, 5.74) is 1.65. The first-order chi connectivity index (χ1) is 7.60. The second-order valence-electron chi connectivity index (χ2n) is 3.36.